The quantitative estimate of drug-likeness (QED) is 0.488. The molecule has 4 heteroatoms. The predicted octanol–water partition coefficient (Wildman–Crippen LogP) is 1.57. The Morgan fingerprint density at radius 1 is 1.10 bits per heavy atom. The lowest BCUT2D eigenvalue weighted by Gasteiger charge is -2.39. The number of likely N-dealkylation sites (N-methyl/N-ethyl adjacent to an activating group) is 1. The number of benzene rings is 1. The summed E-state index contributed by atoms with van der Waals surface area (Å²) in [7, 11) is 4.64. The van der Waals surface area contributed by atoms with Crippen molar-refractivity contribution in [3.8, 4) is 0 Å². The fourth-order valence-corrected chi connectivity index (χ4v) is 2.76. The minimum absolute atomic E-state index is 0.810. The third kappa shape index (κ3) is 4.39. The largest absolute Gasteiger partial charge is 0.399 e. The highest BCUT2D eigenvalue weighted by Crippen LogP contribution is 2.18. The van der Waals surface area contributed by atoms with Gasteiger partial charge in [0, 0.05) is 24.5 Å². The second-order valence-electron chi connectivity index (χ2n) is 6.64. The molecule has 0 aromatic heterocycles. The van der Waals surface area contributed by atoms with Crippen LogP contribution in [0.25, 0.3) is 0 Å². The third-order valence-corrected chi connectivity index (χ3v) is 4.38. The topological polar surface area (TPSA) is 55.3 Å². The van der Waals surface area contributed by atoms with Crippen molar-refractivity contribution in [3.05, 3.63) is 23.8 Å². The van der Waals surface area contributed by atoms with Crippen LogP contribution in [0.1, 0.15) is 18.4 Å². The van der Waals surface area contributed by atoms with E-state index in [1.807, 2.05) is 18.2 Å². The molecule has 0 saturated carbocycles. The number of nitrogen functional groups attached to an aromatic ring is 2. The van der Waals surface area contributed by atoms with Crippen molar-refractivity contribution < 1.29 is 4.48 Å². The molecule has 1 fully saturated rings. The molecule has 4 nitrogen and oxygen atoms in total. The van der Waals surface area contributed by atoms with Crippen LogP contribution in [-0.4, -0.2) is 56.2 Å². The number of anilines is 2. The Labute approximate surface area is 122 Å². The Kier molecular flexibility index (Phi) is 4.89. The van der Waals surface area contributed by atoms with E-state index in [2.05, 4.69) is 19.0 Å². The summed E-state index contributed by atoms with van der Waals surface area (Å²) in [6, 6.07) is 5.79. The number of piperazine rings is 1. The highest BCUT2D eigenvalue weighted by atomic mass is 15.4. The lowest BCUT2D eigenvalue weighted by atomic mass is 10.1. The summed E-state index contributed by atoms with van der Waals surface area (Å²) in [5.74, 6) is 0. The third-order valence-electron chi connectivity index (χ3n) is 4.38. The van der Waals surface area contributed by atoms with E-state index >= 15 is 0 Å². The van der Waals surface area contributed by atoms with Gasteiger partial charge in [-0.25, -0.2) is 0 Å². The molecule has 1 aromatic rings. The summed E-state index contributed by atoms with van der Waals surface area (Å²) in [6.07, 6.45) is 3.45. The first-order valence-corrected chi connectivity index (χ1v) is 7.64. The molecule has 1 saturated heterocycles. The van der Waals surface area contributed by atoms with Crippen LogP contribution >= 0.6 is 0 Å². The number of hydrogen-bond acceptors (Lipinski definition) is 3. The molecule has 1 aromatic carbocycles. The van der Waals surface area contributed by atoms with Crippen LogP contribution in [0, 0.1) is 0 Å². The molecule has 0 amide bonds. The number of nitrogens with zero attached hydrogens (tertiary/aromatic N) is 2. The first kappa shape index (κ1) is 15.1. The van der Waals surface area contributed by atoms with Gasteiger partial charge in [0.15, 0.2) is 0 Å². The van der Waals surface area contributed by atoms with E-state index in [4.69, 9.17) is 11.5 Å². The Balaban J connectivity index is 1.68. The standard InChI is InChI=1S/C16H29N4/c1-20(2)11-9-19(10-12-20)8-4-3-5-14-13-15(17)6-7-16(14)18/h6-7,13H,3-5,8-12,17-18H2,1-2H3/q+1. The number of nitrogens with two attached hydrogens (primary N) is 2. The summed E-state index contributed by atoms with van der Waals surface area (Å²) in [6.45, 7) is 6.20. The van der Waals surface area contributed by atoms with E-state index in [-0.39, 0.29) is 0 Å². The van der Waals surface area contributed by atoms with Crippen LogP contribution in [-0.2, 0) is 6.42 Å². The SMILES string of the molecule is C[N+]1(C)CCN(CCCCc2cc(N)ccc2N)CC1. The lowest BCUT2D eigenvalue weighted by Crippen LogP contribution is -2.54. The van der Waals surface area contributed by atoms with Crippen molar-refractivity contribution in [2.45, 2.75) is 19.3 Å². The zero-order chi connectivity index (χ0) is 14.6. The Morgan fingerprint density at radius 3 is 2.50 bits per heavy atom. The minimum atomic E-state index is 0.810. The molecule has 0 spiro atoms. The van der Waals surface area contributed by atoms with Gasteiger partial charge in [-0.15, -0.1) is 0 Å². The number of rotatable bonds is 5. The number of quaternary nitrogens is 1. The van der Waals surface area contributed by atoms with Gasteiger partial charge < -0.3 is 16.0 Å². The molecule has 0 aliphatic carbocycles. The molecular formula is C16H29N4+. The average molecular weight is 277 g/mol. The van der Waals surface area contributed by atoms with Crippen LogP contribution in [0.2, 0.25) is 0 Å². The molecule has 112 valence electrons. The fourth-order valence-electron chi connectivity index (χ4n) is 2.76. The van der Waals surface area contributed by atoms with Crippen LogP contribution < -0.4 is 11.5 Å². The van der Waals surface area contributed by atoms with E-state index < -0.39 is 0 Å². The lowest BCUT2D eigenvalue weighted by molar-refractivity contribution is -0.894. The maximum absolute atomic E-state index is 5.98. The van der Waals surface area contributed by atoms with Crippen LogP contribution in [0.5, 0.6) is 0 Å². The summed E-state index contributed by atoms with van der Waals surface area (Å²) in [5, 5.41) is 0. The normalized spacial score (nSPS) is 19.1. The molecule has 0 atom stereocenters. The number of aryl methyl sites for hydroxylation is 1. The van der Waals surface area contributed by atoms with Gasteiger partial charge in [-0.3, -0.25) is 4.90 Å². The van der Waals surface area contributed by atoms with Crippen LogP contribution in [0.15, 0.2) is 18.2 Å². The summed E-state index contributed by atoms with van der Waals surface area (Å²) in [5.41, 5.74) is 14.7. The van der Waals surface area contributed by atoms with Gasteiger partial charge in [0.2, 0.25) is 0 Å². The number of hydrogen-bond donors (Lipinski definition) is 2. The van der Waals surface area contributed by atoms with Crippen LogP contribution in [0.4, 0.5) is 11.4 Å². The Hall–Kier alpha value is -1.26. The van der Waals surface area contributed by atoms with Gasteiger partial charge in [-0.1, -0.05) is 0 Å². The summed E-state index contributed by atoms with van der Waals surface area (Å²) in [4.78, 5) is 2.59. The minimum Gasteiger partial charge on any atom is -0.399 e. The van der Waals surface area contributed by atoms with Gasteiger partial charge in [0.05, 0.1) is 27.2 Å². The first-order chi connectivity index (χ1) is 9.46. The highest BCUT2D eigenvalue weighted by molar-refractivity contribution is 5.55. The summed E-state index contributed by atoms with van der Waals surface area (Å²) < 4.78 is 1.16. The van der Waals surface area contributed by atoms with Gasteiger partial charge in [0.1, 0.15) is 0 Å². The fraction of sp³-hybridized carbons (Fsp3) is 0.625. The molecule has 0 bridgehead atoms. The highest BCUT2D eigenvalue weighted by Gasteiger charge is 2.23. The van der Waals surface area contributed by atoms with Crippen molar-refractivity contribution in [1.82, 2.24) is 4.90 Å². The smallest absolute Gasteiger partial charge is 0.0912 e. The predicted molar refractivity (Wildman–Crippen MR) is 86.5 cm³/mol. The molecule has 20 heavy (non-hydrogen) atoms. The monoisotopic (exact) mass is 277 g/mol. The van der Waals surface area contributed by atoms with Gasteiger partial charge in [0.25, 0.3) is 0 Å². The molecule has 1 aliphatic heterocycles. The zero-order valence-corrected chi connectivity index (χ0v) is 12.9. The van der Waals surface area contributed by atoms with Gasteiger partial charge in [-0.05, 0) is 49.6 Å². The van der Waals surface area contributed by atoms with Crippen molar-refractivity contribution in [1.29, 1.82) is 0 Å². The maximum atomic E-state index is 5.98. The summed E-state index contributed by atoms with van der Waals surface area (Å²) >= 11 is 0. The van der Waals surface area contributed by atoms with Crippen molar-refractivity contribution in [2.75, 3.05) is 58.3 Å². The Morgan fingerprint density at radius 2 is 1.80 bits per heavy atom. The van der Waals surface area contributed by atoms with E-state index in [1.165, 1.54) is 51.1 Å². The second-order valence-corrected chi connectivity index (χ2v) is 6.64. The number of unbranched alkanes of at least 4 members (excludes halogenated alkanes) is 1. The molecular weight excluding hydrogens is 248 g/mol. The van der Waals surface area contributed by atoms with Gasteiger partial charge in [-0.2, -0.15) is 0 Å². The molecule has 2 rings (SSSR count). The van der Waals surface area contributed by atoms with E-state index in [1.54, 1.807) is 0 Å². The average Bonchev–Trinajstić information content (AvgIpc) is 2.40. The van der Waals surface area contributed by atoms with Crippen molar-refractivity contribution >= 4 is 11.4 Å². The van der Waals surface area contributed by atoms with Crippen LogP contribution in [0.3, 0.4) is 0 Å². The molecule has 1 aliphatic rings. The molecule has 4 N–H and O–H groups in total. The maximum Gasteiger partial charge on any atom is 0.0912 e. The van der Waals surface area contributed by atoms with E-state index in [0.29, 0.717) is 0 Å². The van der Waals surface area contributed by atoms with E-state index in [9.17, 15) is 0 Å². The van der Waals surface area contributed by atoms with E-state index in [0.717, 1.165) is 22.3 Å². The van der Waals surface area contributed by atoms with Crippen molar-refractivity contribution in [3.63, 3.8) is 0 Å². The molecule has 0 radical (unpaired) electrons. The van der Waals surface area contributed by atoms with Crippen molar-refractivity contribution in [2.24, 2.45) is 0 Å². The zero-order valence-electron chi connectivity index (χ0n) is 12.9. The van der Waals surface area contributed by atoms with Gasteiger partial charge >= 0.3 is 0 Å². The second kappa shape index (κ2) is 6.46. The first-order valence-electron chi connectivity index (χ1n) is 7.64. The molecule has 0 unspecified atom stereocenters. The Bertz CT molecular complexity index is 432. The molecule has 1 heterocycles.